The second-order valence-electron chi connectivity index (χ2n) is 6.95. The highest BCUT2D eigenvalue weighted by Crippen LogP contribution is 2.32. The molecule has 11 heteroatoms. The minimum absolute atomic E-state index is 0.110. The molecule has 3 aromatic heterocycles. The number of pyridine rings is 2. The van der Waals surface area contributed by atoms with E-state index in [1.54, 1.807) is 23.9 Å². The van der Waals surface area contributed by atoms with Crippen molar-refractivity contribution in [2.45, 2.75) is 33.0 Å². The van der Waals surface area contributed by atoms with E-state index in [0.29, 0.717) is 23.1 Å². The maximum absolute atomic E-state index is 12.7. The van der Waals surface area contributed by atoms with Gasteiger partial charge in [0.2, 0.25) is 0 Å². The van der Waals surface area contributed by atoms with Gasteiger partial charge in [-0.3, -0.25) is 4.79 Å². The predicted octanol–water partition coefficient (Wildman–Crippen LogP) is 4.23. The van der Waals surface area contributed by atoms with Crippen molar-refractivity contribution in [1.82, 2.24) is 25.1 Å². The van der Waals surface area contributed by atoms with Crippen LogP contribution in [0.3, 0.4) is 0 Å². The number of fused-ring (bicyclic) bond motifs is 1. The highest BCUT2D eigenvalue weighted by atomic mass is 35.5. The summed E-state index contributed by atoms with van der Waals surface area (Å²) in [7, 11) is 0. The van der Waals surface area contributed by atoms with Crippen molar-refractivity contribution in [2.75, 3.05) is 18.4 Å². The number of halogens is 4. The molecule has 0 atom stereocenters. The van der Waals surface area contributed by atoms with Gasteiger partial charge in [0.05, 0.1) is 28.0 Å². The highest BCUT2D eigenvalue weighted by molar-refractivity contribution is 6.32. The van der Waals surface area contributed by atoms with Crippen LogP contribution in [0.5, 0.6) is 0 Å². The minimum atomic E-state index is -4.51. The normalized spacial score (nSPS) is 11.9. The average Bonchev–Trinajstić information content (AvgIpc) is 3.07. The number of hydrogen-bond acceptors (Lipinski definition) is 5. The number of nitrogens with zero attached hydrogens (tertiary/aromatic N) is 4. The van der Waals surface area contributed by atoms with Crippen molar-refractivity contribution in [2.24, 2.45) is 0 Å². The minimum Gasteiger partial charge on any atom is -0.367 e. The van der Waals surface area contributed by atoms with Crippen LogP contribution in [0, 0.1) is 6.92 Å². The molecule has 0 unspecified atom stereocenters. The topological polar surface area (TPSA) is 84.7 Å². The Kier molecular flexibility index (Phi) is 6.16. The molecule has 0 saturated heterocycles. The molecule has 3 aromatic rings. The number of rotatable bonds is 6. The summed E-state index contributed by atoms with van der Waals surface area (Å²) < 4.78 is 39.7. The Morgan fingerprint density at radius 2 is 1.97 bits per heavy atom. The zero-order valence-electron chi connectivity index (χ0n) is 16.5. The number of aromatic nitrogens is 4. The lowest BCUT2D eigenvalue weighted by molar-refractivity contribution is -0.137. The number of hydrogen-bond donors (Lipinski definition) is 2. The number of anilines is 1. The number of amides is 1. The lowest BCUT2D eigenvalue weighted by atomic mass is 10.1. The van der Waals surface area contributed by atoms with Crippen molar-refractivity contribution < 1.29 is 18.0 Å². The number of carbonyl (C=O) groups excluding carboxylic acids is 1. The van der Waals surface area contributed by atoms with Crippen LogP contribution >= 0.6 is 11.6 Å². The van der Waals surface area contributed by atoms with E-state index in [1.807, 2.05) is 13.8 Å². The second-order valence-corrected chi connectivity index (χ2v) is 7.36. The van der Waals surface area contributed by atoms with Gasteiger partial charge in [0.1, 0.15) is 5.82 Å². The molecular formula is C19H20ClF3N6O. The zero-order chi connectivity index (χ0) is 22.1. The molecule has 0 aliphatic carbocycles. The third kappa shape index (κ3) is 4.64. The third-order valence-electron chi connectivity index (χ3n) is 4.36. The molecule has 3 rings (SSSR count). The molecule has 30 heavy (non-hydrogen) atoms. The van der Waals surface area contributed by atoms with E-state index >= 15 is 0 Å². The fourth-order valence-electron chi connectivity index (χ4n) is 2.85. The van der Waals surface area contributed by atoms with Crippen molar-refractivity contribution in [3.63, 3.8) is 0 Å². The van der Waals surface area contributed by atoms with Gasteiger partial charge in [-0.2, -0.15) is 18.3 Å². The number of carbonyl (C=O) groups is 1. The van der Waals surface area contributed by atoms with Gasteiger partial charge in [-0.15, -0.1) is 0 Å². The lowest BCUT2D eigenvalue weighted by Crippen LogP contribution is -2.29. The summed E-state index contributed by atoms with van der Waals surface area (Å²) >= 11 is 5.84. The quantitative estimate of drug-likeness (QED) is 0.560. The van der Waals surface area contributed by atoms with E-state index in [1.165, 1.54) is 0 Å². The van der Waals surface area contributed by atoms with E-state index < -0.39 is 11.7 Å². The molecule has 0 aliphatic heterocycles. The van der Waals surface area contributed by atoms with E-state index in [2.05, 4.69) is 25.7 Å². The van der Waals surface area contributed by atoms with Crippen LogP contribution in [0.15, 0.2) is 24.5 Å². The maximum Gasteiger partial charge on any atom is 0.417 e. The van der Waals surface area contributed by atoms with Crippen molar-refractivity contribution in [3.05, 3.63) is 46.4 Å². The third-order valence-corrected chi connectivity index (χ3v) is 4.65. The molecule has 7 nitrogen and oxygen atoms in total. The molecule has 0 fully saturated rings. The average molecular weight is 441 g/mol. The lowest BCUT2D eigenvalue weighted by Gasteiger charge is -2.12. The van der Waals surface area contributed by atoms with Crippen LogP contribution in [0.25, 0.3) is 11.0 Å². The Labute approximate surface area is 175 Å². The first-order valence-electron chi connectivity index (χ1n) is 9.17. The summed E-state index contributed by atoms with van der Waals surface area (Å²) in [6.45, 7) is 6.17. The standard InChI is InChI=1S/C19H20ClF3N6O/c1-10(2)29-17-12(8-27-29)6-14(11(3)28-17)18(30)25-5-4-24-16-15(20)7-13(9-26-16)19(21,22)23/h6-10H,4-5H2,1-3H3,(H,24,26)(H,25,30). The Morgan fingerprint density at radius 1 is 1.23 bits per heavy atom. The van der Waals surface area contributed by atoms with Crippen molar-refractivity contribution in [1.29, 1.82) is 0 Å². The SMILES string of the molecule is Cc1nc2c(cnn2C(C)C)cc1C(=O)NCCNc1ncc(C(F)(F)F)cc1Cl. The predicted molar refractivity (Wildman–Crippen MR) is 108 cm³/mol. The van der Waals surface area contributed by atoms with Crippen LogP contribution in [0.1, 0.15) is 41.5 Å². The maximum atomic E-state index is 12.7. The first-order chi connectivity index (χ1) is 14.1. The zero-order valence-corrected chi connectivity index (χ0v) is 17.3. The van der Waals surface area contributed by atoms with Crippen LogP contribution in [0.4, 0.5) is 19.0 Å². The molecule has 0 saturated carbocycles. The van der Waals surface area contributed by atoms with Crippen LogP contribution < -0.4 is 10.6 Å². The molecule has 0 spiro atoms. The van der Waals surface area contributed by atoms with E-state index in [9.17, 15) is 18.0 Å². The van der Waals surface area contributed by atoms with E-state index in [-0.39, 0.29) is 35.9 Å². The molecule has 3 heterocycles. The van der Waals surface area contributed by atoms with Gasteiger partial charge in [-0.05, 0) is 32.9 Å². The summed E-state index contributed by atoms with van der Waals surface area (Å²) in [4.78, 5) is 20.7. The number of alkyl halides is 3. The van der Waals surface area contributed by atoms with Crippen LogP contribution in [-0.4, -0.2) is 38.7 Å². The fraction of sp³-hybridized carbons (Fsp3) is 0.368. The van der Waals surface area contributed by atoms with Gasteiger partial charge in [-0.25, -0.2) is 14.6 Å². The van der Waals surface area contributed by atoms with Gasteiger partial charge in [0, 0.05) is 30.7 Å². The summed E-state index contributed by atoms with van der Waals surface area (Å²) in [5, 5.41) is 10.5. The molecule has 1 amide bonds. The summed E-state index contributed by atoms with van der Waals surface area (Å²) in [6, 6.07) is 2.68. The first kappa shape index (κ1) is 21.8. The Balaban J connectivity index is 1.61. The van der Waals surface area contributed by atoms with Gasteiger partial charge in [0.25, 0.3) is 5.91 Å². The van der Waals surface area contributed by atoms with Gasteiger partial charge in [-0.1, -0.05) is 11.6 Å². The Hall–Kier alpha value is -2.88. The first-order valence-corrected chi connectivity index (χ1v) is 9.55. The summed E-state index contributed by atoms with van der Waals surface area (Å²) in [5.41, 5.74) is 0.786. The largest absolute Gasteiger partial charge is 0.417 e. The monoisotopic (exact) mass is 440 g/mol. The van der Waals surface area contributed by atoms with Crippen molar-refractivity contribution in [3.8, 4) is 0 Å². The molecule has 2 N–H and O–H groups in total. The van der Waals surface area contributed by atoms with Gasteiger partial charge < -0.3 is 10.6 Å². The Bertz CT molecular complexity index is 1080. The highest BCUT2D eigenvalue weighted by Gasteiger charge is 2.31. The summed E-state index contributed by atoms with van der Waals surface area (Å²) in [6.07, 6.45) is -2.14. The number of aryl methyl sites for hydroxylation is 1. The molecule has 0 aliphatic rings. The molecule has 160 valence electrons. The van der Waals surface area contributed by atoms with E-state index in [0.717, 1.165) is 11.5 Å². The summed E-state index contributed by atoms with van der Waals surface area (Å²) in [5.74, 6) is -0.202. The molecule has 0 bridgehead atoms. The molecule has 0 radical (unpaired) electrons. The molecule has 0 aromatic carbocycles. The fourth-order valence-corrected chi connectivity index (χ4v) is 3.08. The second kappa shape index (κ2) is 8.47. The van der Waals surface area contributed by atoms with Crippen LogP contribution in [-0.2, 0) is 6.18 Å². The van der Waals surface area contributed by atoms with Crippen LogP contribution in [0.2, 0.25) is 5.02 Å². The van der Waals surface area contributed by atoms with Crippen molar-refractivity contribution >= 4 is 34.4 Å². The van der Waals surface area contributed by atoms with Gasteiger partial charge in [0.15, 0.2) is 5.65 Å². The number of nitrogens with one attached hydrogen (secondary N) is 2. The Morgan fingerprint density at radius 3 is 2.60 bits per heavy atom. The van der Waals surface area contributed by atoms with E-state index in [4.69, 9.17) is 11.6 Å². The molecular weight excluding hydrogens is 421 g/mol. The van der Waals surface area contributed by atoms with Gasteiger partial charge >= 0.3 is 6.18 Å². The smallest absolute Gasteiger partial charge is 0.367 e.